The van der Waals surface area contributed by atoms with Crippen molar-refractivity contribution in [1.29, 1.82) is 0 Å². The molecule has 3 aromatic carbocycles. The lowest BCUT2D eigenvalue weighted by Gasteiger charge is -2.12. The number of rotatable bonds is 4. The molecule has 3 heteroatoms. The monoisotopic (exact) mass is 363 g/mol. The maximum atomic E-state index is 12.8. The van der Waals surface area contributed by atoms with Gasteiger partial charge in [-0.3, -0.25) is 9.78 Å². The van der Waals surface area contributed by atoms with Crippen LogP contribution in [0.3, 0.4) is 0 Å². The Hall–Kier alpha value is -3.59. The number of aromatic nitrogens is 2. The molecule has 1 aromatic heterocycles. The molecule has 0 fully saturated rings. The number of carbonyl (C=O) groups is 1. The van der Waals surface area contributed by atoms with E-state index in [1.165, 1.54) is 22.3 Å². The molecule has 0 amide bonds. The minimum Gasteiger partial charge on any atom is -0.287 e. The highest BCUT2D eigenvalue weighted by Crippen LogP contribution is 2.46. The fourth-order valence-electron chi connectivity index (χ4n) is 4.13. The Labute approximate surface area is 164 Å². The van der Waals surface area contributed by atoms with Crippen molar-refractivity contribution in [2.75, 3.05) is 0 Å². The third-order valence-corrected chi connectivity index (χ3v) is 5.41. The van der Waals surface area contributed by atoms with Crippen LogP contribution in [0.5, 0.6) is 0 Å². The van der Waals surface area contributed by atoms with Crippen LogP contribution < -0.4 is 4.57 Å². The topological polar surface area (TPSA) is 33.8 Å². The van der Waals surface area contributed by atoms with E-state index in [0.29, 0.717) is 6.54 Å². The van der Waals surface area contributed by atoms with Crippen LogP contribution in [0.1, 0.15) is 33.1 Å². The van der Waals surface area contributed by atoms with Crippen molar-refractivity contribution in [2.45, 2.75) is 12.5 Å². The van der Waals surface area contributed by atoms with Crippen LogP contribution in [0.25, 0.3) is 11.1 Å². The highest BCUT2D eigenvalue weighted by Gasteiger charge is 2.35. The van der Waals surface area contributed by atoms with Gasteiger partial charge in [-0.05, 0) is 22.3 Å². The van der Waals surface area contributed by atoms with E-state index < -0.39 is 0 Å². The number of fused-ring (bicyclic) bond motifs is 3. The van der Waals surface area contributed by atoms with Crippen molar-refractivity contribution in [3.63, 3.8) is 0 Å². The van der Waals surface area contributed by atoms with Gasteiger partial charge in [0.2, 0.25) is 18.0 Å². The Kier molecular flexibility index (Phi) is 4.06. The van der Waals surface area contributed by atoms with Crippen molar-refractivity contribution in [3.8, 4) is 11.1 Å². The van der Waals surface area contributed by atoms with E-state index in [4.69, 9.17) is 0 Å². The Morgan fingerprint density at radius 1 is 0.821 bits per heavy atom. The van der Waals surface area contributed by atoms with Crippen molar-refractivity contribution in [3.05, 3.63) is 120 Å². The molecule has 0 radical (unpaired) electrons. The van der Waals surface area contributed by atoms with Gasteiger partial charge in [0.1, 0.15) is 0 Å². The standard InChI is InChI=1S/C25H19N2O/c28-24(18-8-2-1-3-9-18)17-27-15-14-26-16-23(27)25-21-12-6-4-10-19(21)20-11-5-7-13-22(20)25/h1-16,25H,17H2/q+1. The summed E-state index contributed by atoms with van der Waals surface area (Å²) in [5.41, 5.74) is 6.80. The van der Waals surface area contributed by atoms with Gasteiger partial charge in [-0.2, -0.15) is 4.57 Å². The first-order valence-corrected chi connectivity index (χ1v) is 9.43. The fourth-order valence-corrected chi connectivity index (χ4v) is 4.13. The van der Waals surface area contributed by atoms with Crippen molar-refractivity contribution in [1.82, 2.24) is 4.98 Å². The molecular weight excluding hydrogens is 344 g/mol. The van der Waals surface area contributed by atoms with E-state index in [0.717, 1.165) is 11.3 Å². The molecule has 28 heavy (non-hydrogen) atoms. The van der Waals surface area contributed by atoms with E-state index in [1.807, 2.05) is 47.3 Å². The molecule has 0 atom stereocenters. The number of Topliss-reactive ketones (excluding diaryl/α,β-unsaturated/α-hetero) is 1. The third kappa shape index (κ3) is 2.72. The lowest BCUT2D eigenvalue weighted by molar-refractivity contribution is -0.691. The Balaban J connectivity index is 1.61. The first kappa shape index (κ1) is 16.6. The number of hydrogen-bond donors (Lipinski definition) is 0. The SMILES string of the molecule is O=C(C[n+]1ccncc1C1c2ccccc2-c2ccccc21)c1ccccc1. The van der Waals surface area contributed by atoms with E-state index in [1.54, 1.807) is 6.20 Å². The number of nitrogens with zero attached hydrogens (tertiary/aromatic N) is 2. The molecule has 0 N–H and O–H groups in total. The average Bonchev–Trinajstić information content (AvgIpc) is 3.09. The summed E-state index contributed by atoms with van der Waals surface area (Å²) in [4.78, 5) is 17.2. The summed E-state index contributed by atoms with van der Waals surface area (Å²) < 4.78 is 2.03. The third-order valence-electron chi connectivity index (χ3n) is 5.41. The predicted octanol–water partition coefficient (Wildman–Crippen LogP) is 4.41. The van der Waals surface area contributed by atoms with Gasteiger partial charge in [-0.15, -0.1) is 0 Å². The van der Waals surface area contributed by atoms with Crippen molar-refractivity contribution < 1.29 is 9.36 Å². The molecular formula is C25H19N2O+. The Bertz CT molecular complexity index is 1120. The average molecular weight is 363 g/mol. The summed E-state index contributed by atoms with van der Waals surface area (Å²) in [6.45, 7) is 0.294. The van der Waals surface area contributed by atoms with Gasteiger partial charge in [0, 0.05) is 5.56 Å². The van der Waals surface area contributed by atoms with Crippen LogP contribution in [0.15, 0.2) is 97.5 Å². The minimum absolute atomic E-state index is 0.0738. The summed E-state index contributed by atoms with van der Waals surface area (Å²) in [5.74, 6) is 0.169. The molecule has 134 valence electrons. The second-order valence-corrected chi connectivity index (χ2v) is 7.03. The summed E-state index contributed by atoms with van der Waals surface area (Å²) in [7, 11) is 0. The van der Waals surface area contributed by atoms with Crippen LogP contribution in [0, 0.1) is 0 Å². The highest BCUT2D eigenvalue weighted by molar-refractivity contribution is 5.95. The van der Waals surface area contributed by atoms with Gasteiger partial charge in [-0.25, -0.2) is 0 Å². The van der Waals surface area contributed by atoms with Gasteiger partial charge < -0.3 is 0 Å². The number of ketones is 1. The molecule has 4 aromatic rings. The van der Waals surface area contributed by atoms with Crippen LogP contribution in [0.2, 0.25) is 0 Å². The van der Waals surface area contributed by atoms with E-state index >= 15 is 0 Å². The maximum absolute atomic E-state index is 12.8. The second kappa shape index (κ2) is 6.86. The summed E-state index contributed by atoms with van der Waals surface area (Å²) >= 11 is 0. The van der Waals surface area contributed by atoms with E-state index in [2.05, 4.69) is 53.5 Å². The Morgan fingerprint density at radius 2 is 1.43 bits per heavy atom. The van der Waals surface area contributed by atoms with Gasteiger partial charge >= 0.3 is 0 Å². The number of carbonyl (C=O) groups excluding carboxylic acids is 1. The molecule has 0 spiro atoms. The molecule has 0 aliphatic heterocycles. The second-order valence-electron chi connectivity index (χ2n) is 7.03. The molecule has 5 rings (SSSR count). The van der Waals surface area contributed by atoms with Gasteiger partial charge in [0.05, 0.1) is 18.3 Å². The first-order valence-electron chi connectivity index (χ1n) is 9.43. The number of benzene rings is 3. The van der Waals surface area contributed by atoms with Crippen molar-refractivity contribution in [2.24, 2.45) is 0 Å². The Morgan fingerprint density at radius 3 is 2.11 bits per heavy atom. The summed E-state index contributed by atoms with van der Waals surface area (Å²) in [6.07, 6.45) is 5.54. The van der Waals surface area contributed by atoms with Crippen LogP contribution >= 0.6 is 0 Å². The molecule has 0 saturated heterocycles. The first-order chi connectivity index (χ1) is 13.8. The normalized spacial score (nSPS) is 12.4. The van der Waals surface area contributed by atoms with Crippen LogP contribution in [-0.4, -0.2) is 10.8 Å². The molecule has 3 nitrogen and oxygen atoms in total. The zero-order valence-corrected chi connectivity index (χ0v) is 15.3. The van der Waals surface area contributed by atoms with Crippen molar-refractivity contribution >= 4 is 5.78 Å². The zero-order valence-electron chi connectivity index (χ0n) is 15.3. The summed E-state index contributed by atoms with van der Waals surface area (Å²) in [5, 5.41) is 0. The van der Waals surface area contributed by atoms with Crippen LogP contribution in [0.4, 0.5) is 0 Å². The lowest BCUT2D eigenvalue weighted by atomic mass is 9.93. The minimum atomic E-state index is 0.0738. The van der Waals surface area contributed by atoms with Gasteiger partial charge in [-0.1, -0.05) is 78.9 Å². The molecule has 0 bridgehead atoms. The lowest BCUT2D eigenvalue weighted by Crippen LogP contribution is -2.43. The smallest absolute Gasteiger partial charge is 0.227 e. The largest absolute Gasteiger partial charge is 0.287 e. The predicted molar refractivity (Wildman–Crippen MR) is 108 cm³/mol. The quantitative estimate of drug-likeness (QED) is 0.350. The molecule has 1 aliphatic rings. The fraction of sp³-hybridized carbons (Fsp3) is 0.0800. The highest BCUT2D eigenvalue weighted by atomic mass is 16.1. The molecule has 1 aliphatic carbocycles. The maximum Gasteiger partial charge on any atom is 0.227 e. The van der Waals surface area contributed by atoms with Crippen LogP contribution in [-0.2, 0) is 6.54 Å². The molecule has 1 heterocycles. The number of hydrogen-bond acceptors (Lipinski definition) is 2. The van der Waals surface area contributed by atoms with Gasteiger partial charge in [0.25, 0.3) is 0 Å². The van der Waals surface area contributed by atoms with E-state index in [9.17, 15) is 4.79 Å². The van der Waals surface area contributed by atoms with Gasteiger partial charge in [0.15, 0.2) is 6.20 Å². The van der Waals surface area contributed by atoms with E-state index in [-0.39, 0.29) is 11.7 Å². The zero-order chi connectivity index (χ0) is 18.9. The molecule has 0 unspecified atom stereocenters. The molecule has 0 saturated carbocycles. The summed E-state index contributed by atoms with van der Waals surface area (Å²) in [6, 6.07) is 26.5.